The molecule has 0 bridgehead atoms. The lowest BCUT2D eigenvalue weighted by atomic mass is 9.88. The fourth-order valence-electron chi connectivity index (χ4n) is 4.99. The van der Waals surface area contributed by atoms with Gasteiger partial charge in [0.2, 0.25) is 10.0 Å². The SMILES string of the molecule is O=S(=O)(N[C@@H]1CCC[C@H](n2c3ccccc3c3cc(F)ccc32)[C@H]1O)c1ccc(OC(F)(F)F)cc1. The molecular weight excluding hydrogens is 500 g/mol. The second-order valence-corrected chi connectivity index (χ2v) is 10.5. The first-order valence-corrected chi connectivity index (χ1v) is 12.8. The van der Waals surface area contributed by atoms with Crippen molar-refractivity contribution in [2.45, 2.75) is 48.7 Å². The van der Waals surface area contributed by atoms with E-state index in [4.69, 9.17) is 0 Å². The Hall–Kier alpha value is -3.15. The van der Waals surface area contributed by atoms with E-state index in [1.165, 1.54) is 12.1 Å². The van der Waals surface area contributed by atoms with Gasteiger partial charge in [0.1, 0.15) is 11.6 Å². The van der Waals surface area contributed by atoms with Crippen LogP contribution in [-0.2, 0) is 10.0 Å². The number of nitrogens with zero attached hydrogens (tertiary/aromatic N) is 1. The van der Waals surface area contributed by atoms with Crippen LogP contribution in [0.1, 0.15) is 25.3 Å². The van der Waals surface area contributed by atoms with Crippen molar-refractivity contribution >= 4 is 31.8 Å². The van der Waals surface area contributed by atoms with Gasteiger partial charge in [-0.3, -0.25) is 0 Å². The number of aliphatic hydroxyl groups excluding tert-OH is 1. The van der Waals surface area contributed by atoms with Crippen molar-refractivity contribution in [2.24, 2.45) is 0 Å². The first kappa shape index (κ1) is 24.5. The lowest BCUT2D eigenvalue weighted by Crippen LogP contribution is -2.49. The number of hydrogen-bond acceptors (Lipinski definition) is 4. The van der Waals surface area contributed by atoms with E-state index >= 15 is 0 Å². The molecule has 1 aromatic heterocycles. The van der Waals surface area contributed by atoms with Crippen molar-refractivity contribution in [3.05, 3.63) is 72.5 Å². The molecule has 0 radical (unpaired) electrons. The van der Waals surface area contributed by atoms with Crippen LogP contribution in [0.3, 0.4) is 0 Å². The van der Waals surface area contributed by atoms with Gasteiger partial charge in [0.25, 0.3) is 0 Å². The van der Waals surface area contributed by atoms with Gasteiger partial charge in [-0.2, -0.15) is 0 Å². The predicted molar refractivity (Wildman–Crippen MR) is 126 cm³/mol. The molecule has 5 rings (SSSR count). The van der Waals surface area contributed by atoms with Crippen LogP contribution in [0.15, 0.2) is 71.6 Å². The Morgan fingerprint density at radius 3 is 2.36 bits per heavy atom. The zero-order chi connectivity index (χ0) is 25.7. The number of nitrogens with one attached hydrogen (secondary N) is 1. The number of hydrogen-bond donors (Lipinski definition) is 2. The minimum atomic E-state index is -4.89. The molecule has 36 heavy (non-hydrogen) atoms. The maximum atomic E-state index is 14.0. The summed E-state index contributed by atoms with van der Waals surface area (Å²) in [6.45, 7) is 0. The molecule has 1 aliphatic rings. The lowest BCUT2D eigenvalue weighted by molar-refractivity contribution is -0.274. The second kappa shape index (κ2) is 9.06. The lowest BCUT2D eigenvalue weighted by Gasteiger charge is -2.36. The van der Waals surface area contributed by atoms with Gasteiger partial charge in [-0.25, -0.2) is 17.5 Å². The van der Waals surface area contributed by atoms with Gasteiger partial charge in [-0.1, -0.05) is 18.2 Å². The van der Waals surface area contributed by atoms with Crippen LogP contribution < -0.4 is 9.46 Å². The van der Waals surface area contributed by atoms with Crippen molar-refractivity contribution in [2.75, 3.05) is 0 Å². The largest absolute Gasteiger partial charge is 0.573 e. The van der Waals surface area contributed by atoms with Crippen molar-refractivity contribution in [1.82, 2.24) is 9.29 Å². The van der Waals surface area contributed by atoms with E-state index in [1.54, 1.807) is 6.07 Å². The second-order valence-electron chi connectivity index (χ2n) is 8.78. The van der Waals surface area contributed by atoms with Crippen LogP contribution in [-0.4, -0.2) is 36.6 Å². The third-order valence-corrected chi connectivity index (χ3v) is 8.00. The number of halogens is 4. The zero-order valence-corrected chi connectivity index (χ0v) is 19.6. The average molecular weight is 523 g/mol. The van der Waals surface area contributed by atoms with Gasteiger partial charge in [0.05, 0.1) is 23.1 Å². The van der Waals surface area contributed by atoms with Crippen LogP contribution in [0, 0.1) is 5.82 Å². The van der Waals surface area contributed by atoms with E-state index in [1.807, 2.05) is 28.8 Å². The molecule has 0 aliphatic heterocycles. The molecule has 190 valence electrons. The van der Waals surface area contributed by atoms with E-state index in [0.29, 0.717) is 24.6 Å². The van der Waals surface area contributed by atoms with E-state index in [0.717, 1.165) is 40.7 Å². The maximum Gasteiger partial charge on any atom is 0.573 e. The van der Waals surface area contributed by atoms with Crippen molar-refractivity contribution < 1.29 is 35.8 Å². The molecule has 1 aliphatic carbocycles. The highest BCUT2D eigenvalue weighted by atomic mass is 32.2. The standard InChI is InChI=1S/C25H22F4N2O4S/c26-15-8-13-22-19(14-15)18-4-1-2-6-21(18)31(22)23-7-3-5-20(24(23)32)30-36(33,34)17-11-9-16(10-12-17)35-25(27,28)29/h1-2,4,6,8-14,20,23-24,30,32H,3,5,7H2/t20-,23+,24+/m1/s1. The Morgan fingerprint density at radius 1 is 0.944 bits per heavy atom. The first-order valence-electron chi connectivity index (χ1n) is 11.3. The predicted octanol–water partition coefficient (Wildman–Crippen LogP) is 5.27. The summed E-state index contributed by atoms with van der Waals surface area (Å²) in [5.74, 6) is -0.922. The molecule has 11 heteroatoms. The molecule has 3 atom stereocenters. The number of aliphatic hydroxyl groups is 1. The van der Waals surface area contributed by atoms with Gasteiger partial charge in [-0.05, 0) is 67.8 Å². The van der Waals surface area contributed by atoms with Crippen LogP contribution >= 0.6 is 0 Å². The summed E-state index contributed by atoms with van der Waals surface area (Å²) in [7, 11) is -4.14. The van der Waals surface area contributed by atoms with Crippen molar-refractivity contribution in [1.29, 1.82) is 0 Å². The molecule has 0 amide bonds. The van der Waals surface area contributed by atoms with Gasteiger partial charge < -0.3 is 14.4 Å². The molecule has 3 aromatic carbocycles. The van der Waals surface area contributed by atoms with Crippen LogP contribution in [0.25, 0.3) is 21.8 Å². The molecule has 1 saturated carbocycles. The molecule has 0 saturated heterocycles. The molecule has 6 nitrogen and oxygen atoms in total. The molecule has 1 heterocycles. The minimum absolute atomic E-state index is 0.251. The summed E-state index contributed by atoms with van der Waals surface area (Å²) in [6.07, 6.45) is -4.43. The summed E-state index contributed by atoms with van der Waals surface area (Å²) >= 11 is 0. The summed E-state index contributed by atoms with van der Waals surface area (Å²) < 4.78 is 85.4. The molecule has 0 spiro atoms. The summed E-state index contributed by atoms with van der Waals surface area (Å²) in [4.78, 5) is -0.251. The fourth-order valence-corrected chi connectivity index (χ4v) is 6.27. The molecule has 4 aromatic rings. The maximum absolute atomic E-state index is 14.0. The Labute approximate surface area is 204 Å². The summed E-state index contributed by atoms with van der Waals surface area (Å²) in [5.41, 5.74) is 1.52. The Balaban J connectivity index is 1.44. The van der Waals surface area contributed by atoms with Crippen LogP contribution in [0.2, 0.25) is 0 Å². The van der Waals surface area contributed by atoms with Gasteiger partial charge in [-0.15, -0.1) is 13.2 Å². The minimum Gasteiger partial charge on any atom is -0.406 e. The van der Waals surface area contributed by atoms with Gasteiger partial charge in [0, 0.05) is 21.8 Å². The normalized spacial score (nSPS) is 21.2. The summed E-state index contributed by atoms with van der Waals surface area (Å²) in [6, 6.07) is 14.4. The number of benzene rings is 3. The number of fused-ring (bicyclic) bond motifs is 3. The third-order valence-electron chi connectivity index (χ3n) is 6.50. The van der Waals surface area contributed by atoms with E-state index in [-0.39, 0.29) is 10.7 Å². The monoisotopic (exact) mass is 522 g/mol. The Morgan fingerprint density at radius 2 is 1.64 bits per heavy atom. The van der Waals surface area contributed by atoms with Crippen LogP contribution in [0.4, 0.5) is 17.6 Å². The van der Waals surface area contributed by atoms with Crippen molar-refractivity contribution in [3.8, 4) is 5.75 Å². The average Bonchev–Trinajstić information content (AvgIpc) is 3.13. The Bertz CT molecular complexity index is 1520. The van der Waals surface area contributed by atoms with E-state index < -0.39 is 40.3 Å². The number of sulfonamides is 1. The number of aromatic nitrogens is 1. The number of rotatable bonds is 5. The highest BCUT2D eigenvalue weighted by Crippen LogP contribution is 2.38. The fraction of sp³-hybridized carbons (Fsp3) is 0.280. The van der Waals surface area contributed by atoms with E-state index in [9.17, 15) is 31.1 Å². The molecular formula is C25H22F4N2O4S. The smallest absolute Gasteiger partial charge is 0.406 e. The first-order chi connectivity index (χ1) is 17.0. The third kappa shape index (κ3) is 4.65. The molecule has 0 unspecified atom stereocenters. The van der Waals surface area contributed by atoms with Crippen LogP contribution in [0.5, 0.6) is 5.75 Å². The number of alkyl halides is 3. The zero-order valence-electron chi connectivity index (χ0n) is 18.7. The topological polar surface area (TPSA) is 80.6 Å². The number of ether oxygens (including phenoxy) is 1. The highest BCUT2D eigenvalue weighted by Gasteiger charge is 2.37. The number of para-hydroxylation sites is 1. The Kier molecular flexibility index (Phi) is 6.17. The summed E-state index contributed by atoms with van der Waals surface area (Å²) in [5, 5.41) is 12.8. The van der Waals surface area contributed by atoms with Crippen molar-refractivity contribution in [3.63, 3.8) is 0 Å². The van der Waals surface area contributed by atoms with Gasteiger partial charge >= 0.3 is 6.36 Å². The quantitative estimate of drug-likeness (QED) is 0.350. The molecule has 2 N–H and O–H groups in total. The van der Waals surface area contributed by atoms with E-state index in [2.05, 4.69) is 9.46 Å². The van der Waals surface area contributed by atoms with Gasteiger partial charge in [0.15, 0.2) is 0 Å². The highest BCUT2D eigenvalue weighted by molar-refractivity contribution is 7.89. The molecule has 1 fully saturated rings.